The third kappa shape index (κ3) is 3.44. The predicted octanol–water partition coefficient (Wildman–Crippen LogP) is 0.633. The smallest absolute Gasteiger partial charge is 0.328 e. The molecule has 1 aromatic rings. The summed E-state index contributed by atoms with van der Waals surface area (Å²) >= 11 is 3.22. The van der Waals surface area contributed by atoms with Gasteiger partial charge in [0.25, 0.3) is 5.91 Å². The monoisotopic (exact) mass is 317 g/mol. The fourth-order valence-corrected chi connectivity index (χ4v) is 1.78. The van der Waals surface area contributed by atoms with E-state index in [1.54, 1.807) is 6.07 Å². The van der Waals surface area contributed by atoms with Crippen molar-refractivity contribution in [3.63, 3.8) is 0 Å². The lowest BCUT2D eigenvalue weighted by atomic mass is 10.2. The Bertz CT molecular complexity index is 463. The number of aliphatic hydroxyl groups excluding tert-OH is 1. The second-order valence-corrected chi connectivity index (χ2v) is 4.25. The molecule has 7 heteroatoms. The second-order valence-electron chi connectivity index (χ2n) is 3.40. The maximum absolute atomic E-state index is 11.7. The Balaban J connectivity index is 2.84. The molecular formula is C11H12BrNO5. The molecule has 6 nitrogen and oxygen atoms in total. The fourth-order valence-electron chi connectivity index (χ4n) is 1.23. The summed E-state index contributed by atoms with van der Waals surface area (Å²) in [7, 11) is 1.49. The highest BCUT2D eigenvalue weighted by molar-refractivity contribution is 9.10. The second kappa shape index (κ2) is 6.36. The van der Waals surface area contributed by atoms with Crippen molar-refractivity contribution in [2.24, 2.45) is 0 Å². The first-order valence-electron chi connectivity index (χ1n) is 4.97. The standard InChI is InChI=1S/C11H12BrNO5/c1-18-9-3-2-6(4-7(9)12)10(15)13-8(5-14)11(16)17/h2-4,8,14H,5H2,1H3,(H,13,15)(H,16,17)/t8-/m1/s1. The molecule has 0 saturated carbocycles. The van der Waals surface area contributed by atoms with Gasteiger partial charge in [-0.25, -0.2) is 4.79 Å². The molecule has 98 valence electrons. The first-order valence-corrected chi connectivity index (χ1v) is 5.77. The van der Waals surface area contributed by atoms with E-state index in [0.29, 0.717) is 10.2 Å². The number of aliphatic carboxylic acids is 1. The molecule has 1 rings (SSSR count). The zero-order valence-corrected chi connectivity index (χ0v) is 11.1. The van der Waals surface area contributed by atoms with E-state index in [9.17, 15) is 9.59 Å². The third-order valence-corrected chi connectivity index (χ3v) is 2.82. The summed E-state index contributed by atoms with van der Waals surface area (Å²) in [5.41, 5.74) is 0.266. The number of carbonyl (C=O) groups is 2. The minimum Gasteiger partial charge on any atom is -0.496 e. The highest BCUT2D eigenvalue weighted by atomic mass is 79.9. The maximum Gasteiger partial charge on any atom is 0.328 e. The SMILES string of the molecule is COc1ccc(C(=O)N[C@H](CO)C(=O)O)cc1Br. The van der Waals surface area contributed by atoms with Gasteiger partial charge in [0.1, 0.15) is 5.75 Å². The van der Waals surface area contributed by atoms with Crippen LogP contribution in [0.25, 0.3) is 0 Å². The number of amides is 1. The molecule has 0 unspecified atom stereocenters. The minimum atomic E-state index is -1.32. The summed E-state index contributed by atoms with van der Waals surface area (Å²) in [5, 5.41) is 19.7. The molecule has 3 N–H and O–H groups in total. The van der Waals surface area contributed by atoms with Crippen LogP contribution in [0.5, 0.6) is 5.75 Å². The number of ether oxygens (including phenoxy) is 1. The quantitative estimate of drug-likeness (QED) is 0.740. The van der Waals surface area contributed by atoms with Gasteiger partial charge in [0.2, 0.25) is 0 Å². The van der Waals surface area contributed by atoms with Crippen LogP contribution in [-0.4, -0.2) is 41.8 Å². The van der Waals surface area contributed by atoms with Gasteiger partial charge in [-0.15, -0.1) is 0 Å². The lowest BCUT2D eigenvalue weighted by Gasteiger charge is -2.12. The van der Waals surface area contributed by atoms with E-state index in [1.807, 2.05) is 0 Å². The van der Waals surface area contributed by atoms with Crippen molar-refractivity contribution in [1.82, 2.24) is 5.32 Å². The van der Waals surface area contributed by atoms with Gasteiger partial charge in [-0.05, 0) is 34.1 Å². The molecular weight excluding hydrogens is 306 g/mol. The lowest BCUT2D eigenvalue weighted by molar-refractivity contribution is -0.140. The highest BCUT2D eigenvalue weighted by Crippen LogP contribution is 2.25. The first-order chi connectivity index (χ1) is 8.49. The van der Waals surface area contributed by atoms with Crippen LogP contribution in [0.1, 0.15) is 10.4 Å². The van der Waals surface area contributed by atoms with Crippen LogP contribution in [0.4, 0.5) is 0 Å². The van der Waals surface area contributed by atoms with Crippen LogP contribution < -0.4 is 10.1 Å². The van der Waals surface area contributed by atoms with Gasteiger partial charge >= 0.3 is 5.97 Å². The van der Waals surface area contributed by atoms with Crippen LogP contribution in [0.3, 0.4) is 0 Å². The zero-order valence-electron chi connectivity index (χ0n) is 9.51. The fraction of sp³-hybridized carbons (Fsp3) is 0.273. The van der Waals surface area contributed by atoms with Crippen LogP contribution in [0.2, 0.25) is 0 Å². The Kier molecular flexibility index (Phi) is 5.11. The number of carboxylic acids is 1. The molecule has 1 amide bonds. The summed E-state index contributed by atoms with van der Waals surface area (Å²) in [5.74, 6) is -1.32. The van der Waals surface area contributed by atoms with E-state index in [0.717, 1.165) is 0 Å². The van der Waals surface area contributed by atoms with Crippen molar-refractivity contribution in [1.29, 1.82) is 0 Å². The number of benzene rings is 1. The van der Waals surface area contributed by atoms with Gasteiger partial charge in [-0.3, -0.25) is 4.79 Å². The average Bonchev–Trinajstić information content (AvgIpc) is 2.35. The van der Waals surface area contributed by atoms with Crippen LogP contribution in [0, 0.1) is 0 Å². The van der Waals surface area contributed by atoms with Gasteiger partial charge in [-0.2, -0.15) is 0 Å². The van der Waals surface area contributed by atoms with E-state index in [1.165, 1.54) is 19.2 Å². The van der Waals surface area contributed by atoms with Gasteiger partial charge in [0.15, 0.2) is 6.04 Å². The van der Waals surface area contributed by atoms with E-state index in [2.05, 4.69) is 21.2 Å². The van der Waals surface area contributed by atoms with E-state index < -0.39 is 24.5 Å². The van der Waals surface area contributed by atoms with Gasteiger partial charge in [0, 0.05) is 5.56 Å². The van der Waals surface area contributed by atoms with Gasteiger partial charge in [0.05, 0.1) is 18.2 Å². The first kappa shape index (κ1) is 14.5. The molecule has 1 atom stereocenters. The van der Waals surface area contributed by atoms with E-state index in [-0.39, 0.29) is 5.56 Å². The van der Waals surface area contributed by atoms with Gasteiger partial charge < -0.3 is 20.3 Å². The van der Waals surface area contributed by atoms with Crippen LogP contribution in [0.15, 0.2) is 22.7 Å². The number of carbonyl (C=O) groups excluding carboxylic acids is 1. The van der Waals surface area contributed by atoms with Crippen LogP contribution in [-0.2, 0) is 4.79 Å². The van der Waals surface area contributed by atoms with Crippen molar-refractivity contribution >= 4 is 27.8 Å². The minimum absolute atomic E-state index is 0.266. The topological polar surface area (TPSA) is 95.9 Å². The van der Waals surface area contributed by atoms with Crippen molar-refractivity contribution in [2.75, 3.05) is 13.7 Å². The Morgan fingerprint density at radius 2 is 2.17 bits per heavy atom. The molecule has 0 aliphatic heterocycles. The third-order valence-electron chi connectivity index (χ3n) is 2.20. The van der Waals surface area contributed by atoms with E-state index in [4.69, 9.17) is 14.9 Å². The van der Waals surface area contributed by atoms with Gasteiger partial charge in [-0.1, -0.05) is 0 Å². The summed E-state index contributed by atoms with van der Waals surface area (Å²) in [6.45, 7) is -0.668. The normalized spacial score (nSPS) is 11.7. The summed E-state index contributed by atoms with van der Waals surface area (Å²) in [6, 6.07) is 3.26. The molecule has 0 fully saturated rings. The number of hydrogen-bond acceptors (Lipinski definition) is 4. The van der Waals surface area contributed by atoms with E-state index >= 15 is 0 Å². The Morgan fingerprint density at radius 3 is 2.61 bits per heavy atom. The maximum atomic E-state index is 11.7. The summed E-state index contributed by atoms with van der Waals surface area (Å²) < 4.78 is 5.58. The number of carboxylic acid groups (broad SMARTS) is 1. The largest absolute Gasteiger partial charge is 0.496 e. The zero-order chi connectivity index (χ0) is 13.7. The molecule has 0 aliphatic rings. The Morgan fingerprint density at radius 1 is 1.50 bits per heavy atom. The lowest BCUT2D eigenvalue weighted by Crippen LogP contribution is -2.43. The molecule has 0 bridgehead atoms. The Hall–Kier alpha value is -1.60. The number of halogens is 1. The molecule has 0 saturated heterocycles. The molecule has 0 aliphatic carbocycles. The summed E-state index contributed by atoms with van der Waals surface area (Å²) in [6.07, 6.45) is 0. The van der Waals surface area contributed by atoms with Crippen molar-refractivity contribution in [3.8, 4) is 5.75 Å². The predicted molar refractivity (Wildman–Crippen MR) is 66.7 cm³/mol. The Labute approximate surface area is 112 Å². The molecule has 18 heavy (non-hydrogen) atoms. The highest BCUT2D eigenvalue weighted by Gasteiger charge is 2.19. The van der Waals surface area contributed by atoms with Crippen molar-refractivity contribution < 1.29 is 24.5 Å². The number of rotatable bonds is 5. The molecule has 0 radical (unpaired) electrons. The number of methoxy groups -OCH3 is 1. The molecule has 0 spiro atoms. The number of aliphatic hydroxyl groups is 1. The molecule has 0 aromatic heterocycles. The average molecular weight is 318 g/mol. The molecule has 1 aromatic carbocycles. The number of hydrogen-bond donors (Lipinski definition) is 3. The molecule has 0 heterocycles. The van der Waals surface area contributed by atoms with Crippen molar-refractivity contribution in [3.05, 3.63) is 28.2 Å². The summed E-state index contributed by atoms with van der Waals surface area (Å²) in [4.78, 5) is 22.4. The number of nitrogens with one attached hydrogen (secondary N) is 1. The van der Waals surface area contributed by atoms with Crippen molar-refractivity contribution in [2.45, 2.75) is 6.04 Å². The van der Waals surface area contributed by atoms with Crippen LogP contribution >= 0.6 is 15.9 Å².